The van der Waals surface area contributed by atoms with E-state index in [0.717, 1.165) is 24.9 Å². The summed E-state index contributed by atoms with van der Waals surface area (Å²) in [5.74, 6) is 1.67. The second kappa shape index (κ2) is 7.16. The molecule has 0 spiro atoms. The largest absolute Gasteiger partial charge is 0.388 e. The number of likely N-dealkylation sites (tertiary alicyclic amines) is 1. The number of nitrogens with zero attached hydrogens (tertiary/aromatic N) is 6. The molecule has 1 aliphatic heterocycles. The fourth-order valence-electron chi connectivity index (χ4n) is 3.72. The zero-order chi connectivity index (χ0) is 18.9. The Hall–Kier alpha value is -2.65. The molecule has 1 saturated heterocycles. The maximum absolute atomic E-state index is 11.1. The molecular formula is C18H23N7O2. The molecule has 0 radical (unpaired) electrons. The highest BCUT2D eigenvalue weighted by molar-refractivity contribution is 5.54. The number of benzene rings is 1. The molecule has 0 aliphatic carbocycles. The summed E-state index contributed by atoms with van der Waals surface area (Å²) < 4.78 is 5.20. The standard InChI is InChI=1S/C18H23N7O2/c1-12(14-4-6-15(7-5-14)17-20-23-24-21-17)25-9-3-8-18(26,11-25)10-16-19-13(2)22-27-16/h4-7,12,26H,3,8-11H2,1-2H3,(H,20,21,23,24). The fraction of sp³-hybridized carbons (Fsp3) is 0.500. The average Bonchev–Trinajstić information content (AvgIpc) is 3.33. The van der Waals surface area contributed by atoms with E-state index >= 15 is 0 Å². The van der Waals surface area contributed by atoms with Crippen LogP contribution in [0.1, 0.15) is 43.1 Å². The molecule has 9 heteroatoms. The summed E-state index contributed by atoms with van der Waals surface area (Å²) in [6.07, 6.45) is 2.04. The summed E-state index contributed by atoms with van der Waals surface area (Å²) >= 11 is 0. The average molecular weight is 369 g/mol. The van der Waals surface area contributed by atoms with Gasteiger partial charge in [-0.25, -0.2) is 0 Å². The smallest absolute Gasteiger partial charge is 0.229 e. The molecule has 0 amide bonds. The van der Waals surface area contributed by atoms with Gasteiger partial charge in [0.25, 0.3) is 0 Å². The third-order valence-electron chi connectivity index (χ3n) is 5.18. The van der Waals surface area contributed by atoms with Gasteiger partial charge in [-0.1, -0.05) is 29.4 Å². The molecule has 27 heavy (non-hydrogen) atoms. The van der Waals surface area contributed by atoms with Gasteiger partial charge in [-0.3, -0.25) is 4.90 Å². The number of β-amino-alcohol motifs (C(OH)–C–C–N with tert-alkyl or cyclic N) is 1. The third kappa shape index (κ3) is 3.88. The van der Waals surface area contributed by atoms with Crippen molar-refractivity contribution in [2.24, 2.45) is 0 Å². The highest BCUT2D eigenvalue weighted by atomic mass is 16.5. The SMILES string of the molecule is Cc1noc(CC2(O)CCCN(C(C)c3ccc(-c4nn[nH]n4)cc3)C2)n1. The van der Waals surface area contributed by atoms with Crippen LogP contribution in [0.5, 0.6) is 0 Å². The van der Waals surface area contributed by atoms with E-state index in [-0.39, 0.29) is 6.04 Å². The van der Waals surface area contributed by atoms with E-state index in [2.05, 4.69) is 54.7 Å². The first-order valence-electron chi connectivity index (χ1n) is 9.12. The van der Waals surface area contributed by atoms with Crippen LogP contribution in [0.2, 0.25) is 0 Å². The second-order valence-corrected chi connectivity index (χ2v) is 7.24. The Balaban J connectivity index is 1.45. The van der Waals surface area contributed by atoms with Crippen molar-refractivity contribution < 1.29 is 9.63 Å². The lowest BCUT2D eigenvalue weighted by Crippen LogP contribution is -2.50. The predicted octanol–water partition coefficient (Wildman–Crippen LogP) is 1.69. The van der Waals surface area contributed by atoms with E-state index in [0.29, 0.717) is 30.5 Å². The Bertz CT molecular complexity index is 878. The quantitative estimate of drug-likeness (QED) is 0.698. The number of tetrazole rings is 1. The number of aryl methyl sites for hydroxylation is 1. The van der Waals surface area contributed by atoms with Crippen molar-refractivity contribution in [3.8, 4) is 11.4 Å². The van der Waals surface area contributed by atoms with Gasteiger partial charge in [0.15, 0.2) is 5.82 Å². The molecule has 2 aromatic heterocycles. The summed E-state index contributed by atoms with van der Waals surface area (Å²) in [4.78, 5) is 6.54. The molecule has 0 saturated carbocycles. The first-order valence-corrected chi connectivity index (χ1v) is 9.12. The zero-order valence-electron chi connectivity index (χ0n) is 15.5. The number of nitrogens with one attached hydrogen (secondary N) is 1. The van der Waals surface area contributed by atoms with Crippen molar-refractivity contribution in [3.63, 3.8) is 0 Å². The molecular weight excluding hydrogens is 346 g/mol. The van der Waals surface area contributed by atoms with E-state index in [1.807, 2.05) is 12.1 Å². The molecule has 2 N–H and O–H groups in total. The Morgan fingerprint density at radius 1 is 1.33 bits per heavy atom. The molecule has 4 rings (SSSR count). The van der Waals surface area contributed by atoms with Crippen molar-refractivity contribution >= 4 is 0 Å². The highest BCUT2D eigenvalue weighted by Crippen LogP contribution is 2.31. The Labute approximate surface area is 156 Å². The molecule has 0 bridgehead atoms. The van der Waals surface area contributed by atoms with Gasteiger partial charge in [0, 0.05) is 18.2 Å². The number of aromatic amines is 1. The molecule has 2 unspecified atom stereocenters. The monoisotopic (exact) mass is 369 g/mol. The van der Waals surface area contributed by atoms with Crippen LogP contribution in [-0.4, -0.2) is 59.5 Å². The van der Waals surface area contributed by atoms with E-state index < -0.39 is 5.60 Å². The van der Waals surface area contributed by atoms with Crippen LogP contribution >= 0.6 is 0 Å². The van der Waals surface area contributed by atoms with Crippen molar-refractivity contribution in [1.82, 2.24) is 35.7 Å². The lowest BCUT2D eigenvalue weighted by atomic mass is 9.88. The number of aromatic nitrogens is 6. The molecule has 1 aromatic carbocycles. The van der Waals surface area contributed by atoms with Gasteiger partial charge in [0.1, 0.15) is 0 Å². The topological polar surface area (TPSA) is 117 Å². The fourth-order valence-corrected chi connectivity index (χ4v) is 3.72. The number of rotatable bonds is 5. The molecule has 3 heterocycles. The molecule has 3 aromatic rings. The van der Waals surface area contributed by atoms with Crippen molar-refractivity contribution in [3.05, 3.63) is 41.5 Å². The summed E-state index contributed by atoms with van der Waals surface area (Å²) in [5.41, 5.74) is 1.25. The van der Waals surface area contributed by atoms with Crippen LogP contribution < -0.4 is 0 Å². The van der Waals surface area contributed by atoms with Gasteiger partial charge in [-0.15, -0.1) is 10.2 Å². The minimum absolute atomic E-state index is 0.181. The van der Waals surface area contributed by atoms with Crippen molar-refractivity contribution in [2.45, 2.75) is 44.8 Å². The molecule has 9 nitrogen and oxygen atoms in total. The lowest BCUT2D eigenvalue weighted by molar-refractivity contribution is -0.0459. The van der Waals surface area contributed by atoms with Gasteiger partial charge in [0.05, 0.1) is 12.0 Å². The minimum Gasteiger partial charge on any atom is -0.388 e. The second-order valence-electron chi connectivity index (χ2n) is 7.24. The number of hydrogen-bond acceptors (Lipinski definition) is 8. The van der Waals surface area contributed by atoms with Gasteiger partial charge >= 0.3 is 0 Å². The van der Waals surface area contributed by atoms with E-state index in [9.17, 15) is 5.11 Å². The summed E-state index contributed by atoms with van der Waals surface area (Å²) in [6, 6.07) is 8.32. The maximum atomic E-state index is 11.1. The number of H-pyrrole nitrogens is 1. The van der Waals surface area contributed by atoms with Crippen LogP contribution in [0.15, 0.2) is 28.8 Å². The Kier molecular flexibility index (Phi) is 4.71. The summed E-state index contributed by atoms with van der Waals surface area (Å²) in [5, 5.41) is 28.9. The van der Waals surface area contributed by atoms with E-state index in [1.165, 1.54) is 5.56 Å². The molecule has 1 fully saturated rings. The highest BCUT2D eigenvalue weighted by Gasteiger charge is 2.37. The van der Waals surface area contributed by atoms with Crippen LogP contribution in [0.3, 0.4) is 0 Å². The molecule has 2 atom stereocenters. The summed E-state index contributed by atoms with van der Waals surface area (Å²) in [6.45, 7) is 5.46. The third-order valence-corrected chi connectivity index (χ3v) is 5.18. The van der Waals surface area contributed by atoms with E-state index in [1.54, 1.807) is 6.92 Å². The van der Waals surface area contributed by atoms with Gasteiger partial charge in [-0.2, -0.15) is 10.2 Å². The maximum Gasteiger partial charge on any atom is 0.229 e. The normalized spacial score (nSPS) is 22.0. The van der Waals surface area contributed by atoms with Crippen LogP contribution in [0.25, 0.3) is 11.4 Å². The first kappa shape index (κ1) is 17.7. The van der Waals surface area contributed by atoms with E-state index in [4.69, 9.17) is 4.52 Å². The van der Waals surface area contributed by atoms with Crippen molar-refractivity contribution in [2.75, 3.05) is 13.1 Å². The number of piperidine rings is 1. The minimum atomic E-state index is -0.851. The number of aliphatic hydroxyl groups is 1. The number of hydrogen-bond donors (Lipinski definition) is 2. The van der Waals surface area contributed by atoms with Crippen LogP contribution in [-0.2, 0) is 6.42 Å². The van der Waals surface area contributed by atoms with Crippen molar-refractivity contribution in [1.29, 1.82) is 0 Å². The van der Waals surface area contributed by atoms with Crippen LogP contribution in [0, 0.1) is 6.92 Å². The zero-order valence-corrected chi connectivity index (χ0v) is 15.5. The van der Waals surface area contributed by atoms with Gasteiger partial charge in [0.2, 0.25) is 11.7 Å². The molecule has 142 valence electrons. The summed E-state index contributed by atoms with van der Waals surface area (Å²) in [7, 11) is 0. The Morgan fingerprint density at radius 3 is 2.81 bits per heavy atom. The first-order chi connectivity index (χ1) is 13.0. The Morgan fingerprint density at radius 2 is 2.15 bits per heavy atom. The lowest BCUT2D eigenvalue weighted by Gasteiger charge is -2.41. The van der Waals surface area contributed by atoms with Crippen LogP contribution in [0.4, 0.5) is 0 Å². The predicted molar refractivity (Wildman–Crippen MR) is 96.5 cm³/mol. The van der Waals surface area contributed by atoms with Gasteiger partial charge < -0.3 is 9.63 Å². The molecule has 1 aliphatic rings. The van der Waals surface area contributed by atoms with Gasteiger partial charge in [-0.05, 0) is 44.0 Å².